The number of Topliss-reactive ketones (excluding diaryl/α,β-unsaturated/α-hetero) is 1. The molecule has 0 aromatic heterocycles. The number of rotatable bonds is 4. The van der Waals surface area contributed by atoms with E-state index in [0.29, 0.717) is 5.57 Å². The Morgan fingerprint density at radius 3 is 2.60 bits per heavy atom. The lowest BCUT2D eigenvalue weighted by Gasteiger charge is -2.30. The zero-order valence-corrected chi connectivity index (χ0v) is 11.7. The maximum absolute atomic E-state index is 12.4. The molecule has 1 aromatic rings. The van der Waals surface area contributed by atoms with Gasteiger partial charge in [0.25, 0.3) is 0 Å². The van der Waals surface area contributed by atoms with Crippen LogP contribution in [0.2, 0.25) is 0 Å². The maximum Gasteiger partial charge on any atom is 0.326 e. The van der Waals surface area contributed by atoms with Gasteiger partial charge in [-0.3, -0.25) is 9.59 Å². The van der Waals surface area contributed by atoms with Crippen molar-refractivity contribution in [3.05, 3.63) is 48.0 Å². The first kappa shape index (κ1) is 14.5. The minimum Gasteiger partial charge on any atom is -0.465 e. The highest BCUT2D eigenvalue weighted by Gasteiger charge is 2.58. The molecule has 1 aromatic carbocycles. The highest BCUT2D eigenvalue weighted by atomic mass is 16.5. The van der Waals surface area contributed by atoms with E-state index in [0.717, 1.165) is 5.56 Å². The summed E-state index contributed by atoms with van der Waals surface area (Å²) in [6, 6.07) is 9.22. The number of esters is 1. The lowest BCUT2D eigenvalue weighted by molar-refractivity contribution is -0.161. The summed E-state index contributed by atoms with van der Waals surface area (Å²) in [6.45, 7) is 7.34. The van der Waals surface area contributed by atoms with Crippen molar-refractivity contribution in [1.82, 2.24) is 0 Å². The predicted octanol–water partition coefficient (Wildman–Crippen LogP) is 2.45. The third-order valence-electron chi connectivity index (χ3n) is 3.63. The summed E-state index contributed by atoms with van der Waals surface area (Å²) in [5.74, 6) is -0.879. The molecule has 1 aliphatic rings. The lowest BCUT2D eigenvalue weighted by atomic mass is 9.72. The molecule has 0 unspecified atom stereocenters. The van der Waals surface area contributed by atoms with Gasteiger partial charge in [-0.15, -0.1) is 0 Å². The van der Waals surface area contributed by atoms with Crippen LogP contribution in [0.3, 0.4) is 0 Å². The Morgan fingerprint density at radius 2 is 2.05 bits per heavy atom. The zero-order valence-electron chi connectivity index (χ0n) is 11.7. The molecular formula is C16H18O4. The quantitative estimate of drug-likeness (QED) is 0.481. The van der Waals surface area contributed by atoms with Gasteiger partial charge in [0.15, 0.2) is 11.2 Å². The van der Waals surface area contributed by atoms with Crippen molar-refractivity contribution in [3.63, 3.8) is 0 Å². The molecule has 0 bridgehead atoms. The van der Waals surface area contributed by atoms with E-state index in [2.05, 4.69) is 6.58 Å². The molecule has 0 N–H and O–H groups in total. The highest BCUT2D eigenvalue weighted by Crippen LogP contribution is 2.49. The van der Waals surface area contributed by atoms with E-state index in [4.69, 9.17) is 9.47 Å². The van der Waals surface area contributed by atoms with Crippen LogP contribution in [0.15, 0.2) is 42.5 Å². The Kier molecular flexibility index (Phi) is 4.04. The number of ether oxygens (including phenoxy) is 2. The molecule has 0 aliphatic carbocycles. The van der Waals surface area contributed by atoms with Crippen molar-refractivity contribution >= 4 is 11.8 Å². The fraction of sp³-hybridized carbons (Fsp3) is 0.375. The van der Waals surface area contributed by atoms with Crippen LogP contribution in [0.25, 0.3) is 0 Å². The first-order valence-corrected chi connectivity index (χ1v) is 6.58. The van der Waals surface area contributed by atoms with E-state index in [9.17, 15) is 9.59 Å². The number of carbonyl (C=O) groups excluding carboxylic acids is 2. The van der Waals surface area contributed by atoms with Gasteiger partial charge < -0.3 is 9.47 Å². The monoisotopic (exact) mass is 274 g/mol. The Hall–Kier alpha value is -1.94. The second kappa shape index (κ2) is 5.59. The van der Waals surface area contributed by atoms with Gasteiger partial charge >= 0.3 is 5.97 Å². The Bertz CT molecular complexity index is 535. The van der Waals surface area contributed by atoms with Crippen LogP contribution in [0.4, 0.5) is 0 Å². The second-order valence-corrected chi connectivity index (χ2v) is 4.79. The molecule has 2 rings (SSSR count). The second-order valence-electron chi connectivity index (χ2n) is 4.79. The van der Waals surface area contributed by atoms with Crippen molar-refractivity contribution < 1.29 is 19.1 Å². The van der Waals surface area contributed by atoms with Gasteiger partial charge in [-0.2, -0.15) is 0 Å². The molecule has 20 heavy (non-hydrogen) atoms. The van der Waals surface area contributed by atoms with E-state index >= 15 is 0 Å². The Balaban J connectivity index is 2.53. The van der Waals surface area contributed by atoms with E-state index in [1.54, 1.807) is 6.92 Å². The maximum atomic E-state index is 12.4. The average Bonchev–Trinajstić information content (AvgIpc) is 2.78. The van der Waals surface area contributed by atoms with Gasteiger partial charge in [0, 0.05) is 0 Å². The molecular weight excluding hydrogens is 256 g/mol. The number of hydrogen-bond acceptors (Lipinski definition) is 4. The van der Waals surface area contributed by atoms with Gasteiger partial charge in [-0.25, -0.2) is 0 Å². The summed E-state index contributed by atoms with van der Waals surface area (Å²) in [7, 11) is 0. The predicted molar refractivity (Wildman–Crippen MR) is 74.0 cm³/mol. The highest BCUT2D eigenvalue weighted by molar-refractivity contribution is 6.07. The van der Waals surface area contributed by atoms with Crippen LogP contribution in [-0.4, -0.2) is 25.0 Å². The molecule has 1 heterocycles. The Labute approximate surface area is 118 Å². The molecule has 1 saturated heterocycles. The van der Waals surface area contributed by atoms with E-state index in [-0.39, 0.29) is 19.0 Å². The first-order valence-electron chi connectivity index (χ1n) is 6.58. The molecule has 4 nitrogen and oxygen atoms in total. The van der Waals surface area contributed by atoms with Gasteiger partial charge in [0.05, 0.1) is 13.2 Å². The molecule has 0 radical (unpaired) electrons. The average molecular weight is 274 g/mol. The van der Waals surface area contributed by atoms with Crippen LogP contribution >= 0.6 is 0 Å². The first-order chi connectivity index (χ1) is 9.55. The number of benzene rings is 1. The SMILES string of the molecule is C=C1CO[C@H](c2ccccc2)[C@@]1(C(C)=O)C(=O)OCC. The van der Waals surface area contributed by atoms with E-state index < -0.39 is 17.5 Å². The summed E-state index contributed by atoms with van der Waals surface area (Å²) in [5, 5.41) is 0. The third kappa shape index (κ3) is 2.06. The van der Waals surface area contributed by atoms with Crippen molar-refractivity contribution in [2.24, 2.45) is 5.41 Å². The molecule has 1 fully saturated rings. The summed E-state index contributed by atoms with van der Waals surface area (Å²) < 4.78 is 10.8. The summed E-state index contributed by atoms with van der Waals surface area (Å²) >= 11 is 0. The fourth-order valence-corrected chi connectivity index (χ4v) is 2.66. The van der Waals surface area contributed by atoms with Gasteiger partial charge in [-0.05, 0) is 25.0 Å². The van der Waals surface area contributed by atoms with E-state index in [1.165, 1.54) is 6.92 Å². The number of hydrogen-bond donors (Lipinski definition) is 0. The van der Waals surface area contributed by atoms with Crippen LogP contribution in [0.5, 0.6) is 0 Å². The molecule has 4 heteroatoms. The lowest BCUT2D eigenvalue weighted by Crippen LogP contribution is -2.43. The summed E-state index contributed by atoms with van der Waals surface area (Å²) in [6.07, 6.45) is -0.673. The summed E-state index contributed by atoms with van der Waals surface area (Å²) in [4.78, 5) is 24.7. The minimum atomic E-state index is -1.43. The van der Waals surface area contributed by atoms with Crippen molar-refractivity contribution in [2.45, 2.75) is 20.0 Å². The topological polar surface area (TPSA) is 52.6 Å². The molecule has 106 valence electrons. The molecule has 2 atom stereocenters. The fourth-order valence-electron chi connectivity index (χ4n) is 2.66. The number of carbonyl (C=O) groups is 2. The molecule has 0 amide bonds. The van der Waals surface area contributed by atoms with Gasteiger partial charge in [0.2, 0.25) is 0 Å². The normalized spacial score (nSPS) is 25.5. The largest absolute Gasteiger partial charge is 0.465 e. The van der Waals surface area contributed by atoms with Crippen molar-refractivity contribution in [3.8, 4) is 0 Å². The van der Waals surface area contributed by atoms with Crippen LogP contribution in [0, 0.1) is 5.41 Å². The molecule has 0 spiro atoms. The van der Waals surface area contributed by atoms with Crippen LogP contribution in [0.1, 0.15) is 25.5 Å². The van der Waals surface area contributed by atoms with Gasteiger partial charge in [-0.1, -0.05) is 36.9 Å². The standard InChI is InChI=1S/C16H18O4/c1-4-19-15(18)16(12(3)17)11(2)10-20-14(16)13-8-6-5-7-9-13/h5-9,14H,2,4,10H2,1,3H3/t14-,16-/m1/s1. The molecule has 1 aliphatic heterocycles. The molecule has 0 saturated carbocycles. The van der Waals surface area contributed by atoms with Crippen LogP contribution in [-0.2, 0) is 19.1 Å². The minimum absolute atomic E-state index is 0.179. The third-order valence-corrected chi connectivity index (χ3v) is 3.63. The van der Waals surface area contributed by atoms with Crippen molar-refractivity contribution in [2.75, 3.05) is 13.2 Å². The van der Waals surface area contributed by atoms with E-state index in [1.807, 2.05) is 30.3 Å². The summed E-state index contributed by atoms with van der Waals surface area (Å²) in [5.41, 5.74) is -0.205. The number of ketones is 1. The van der Waals surface area contributed by atoms with Gasteiger partial charge in [0.1, 0.15) is 6.10 Å². The van der Waals surface area contributed by atoms with Crippen molar-refractivity contribution in [1.29, 1.82) is 0 Å². The Morgan fingerprint density at radius 1 is 1.40 bits per heavy atom. The smallest absolute Gasteiger partial charge is 0.326 e. The zero-order chi connectivity index (χ0) is 14.8. The van der Waals surface area contributed by atoms with Crippen LogP contribution < -0.4 is 0 Å².